The number of amides is 1. The van der Waals surface area contributed by atoms with Crippen LogP contribution in [0.5, 0.6) is 0 Å². The minimum absolute atomic E-state index is 0.0320. The Labute approximate surface area is 104 Å². The molecule has 1 amide bonds. The van der Waals surface area contributed by atoms with Crippen LogP contribution < -0.4 is 10.6 Å². The molecule has 3 unspecified atom stereocenters. The smallest absolute Gasteiger partial charge is 0.237 e. The molecule has 1 aliphatic rings. The zero-order chi connectivity index (χ0) is 12.7. The standard InChI is InChI=1S/C13H26N2O2/c1-3-4-5-6-7-10(2)15-13(17)12-8-11(16)9-14-12/h10-12,14,16H,3-9H2,1-2H3,(H,15,17). The highest BCUT2D eigenvalue weighted by Gasteiger charge is 2.28. The number of carbonyl (C=O) groups excluding carboxylic acids is 1. The predicted molar refractivity (Wildman–Crippen MR) is 68.8 cm³/mol. The number of rotatable bonds is 7. The second kappa shape index (κ2) is 7.67. The molecule has 0 saturated carbocycles. The third-order valence-corrected chi connectivity index (χ3v) is 3.30. The molecule has 1 rings (SSSR count). The Morgan fingerprint density at radius 1 is 1.47 bits per heavy atom. The second-order valence-electron chi connectivity index (χ2n) is 5.11. The Morgan fingerprint density at radius 3 is 2.82 bits per heavy atom. The first kappa shape index (κ1) is 14.5. The number of unbranched alkanes of at least 4 members (excludes halogenated alkanes) is 3. The van der Waals surface area contributed by atoms with Crippen LogP contribution in [0, 0.1) is 0 Å². The van der Waals surface area contributed by atoms with Crippen LogP contribution in [0.2, 0.25) is 0 Å². The summed E-state index contributed by atoms with van der Waals surface area (Å²) in [5.41, 5.74) is 0. The van der Waals surface area contributed by atoms with Crippen LogP contribution in [0.3, 0.4) is 0 Å². The monoisotopic (exact) mass is 242 g/mol. The molecule has 0 radical (unpaired) electrons. The van der Waals surface area contributed by atoms with E-state index in [-0.39, 0.29) is 24.1 Å². The zero-order valence-electron chi connectivity index (χ0n) is 11.0. The van der Waals surface area contributed by atoms with Crippen LogP contribution in [0.1, 0.15) is 52.4 Å². The summed E-state index contributed by atoms with van der Waals surface area (Å²) >= 11 is 0. The molecule has 4 nitrogen and oxygen atoms in total. The van der Waals surface area contributed by atoms with Gasteiger partial charge in [-0.15, -0.1) is 0 Å². The summed E-state index contributed by atoms with van der Waals surface area (Å²) in [5.74, 6) is 0.0320. The van der Waals surface area contributed by atoms with E-state index in [4.69, 9.17) is 0 Å². The average molecular weight is 242 g/mol. The van der Waals surface area contributed by atoms with Gasteiger partial charge in [-0.3, -0.25) is 4.79 Å². The first-order valence-electron chi connectivity index (χ1n) is 6.85. The van der Waals surface area contributed by atoms with Crippen LogP contribution in [-0.2, 0) is 4.79 Å². The Kier molecular flexibility index (Phi) is 6.52. The molecule has 1 aliphatic heterocycles. The van der Waals surface area contributed by atoms with Crippen molar-refractivity contribution in [1.82, 2.24) is 10.6 Å². The molecule has 17 heavy (non-hydrogen) atoms. The molecular formula is C13H26N2O2. The summed E-state index contributed by atoms with van der Waals surface area (Å²) in [4.78, 5) is 11.8. The van der Waals surface area contributed by atoms with Crippen molar-refractivity contribution in [2.75, 3.05) is 6.54 Å². The van der Waals surface area contributed by atoms with E-state index in [0.29, 0.717) is 13.0 Å². The normalized spacial score (nSPS) is 25.8. The van der Waals surface area contributed by atoms with Gasteiger partial charge in [0.05, 0.1) is 12.1 Å². The van der Waals surface area contributed by atoms with Crippen molar-refractivity contribution in [1.29, 1.82) is 0 Å². The molecular weight excluding hydrogens is 216 g/mol. The predicted octanol–water partition coefficient (Wildman–Crippen LogP) is 1.18. The number of β-amino-alcohol motifs (C(OH)–C–C–N with tert-alkyl or cyclic N) is 1. The topological polar surface area (TPSA) is 61.4 Å². The molecule has 3 atom stereocenters. The van der Waals surface area contributed by atoms with Gasteiger partial charge in [0.2, 0.25) is 5.91 Å². The quantitative estimate of drug-likeness (QED) is 0.588. The van der Waals surface area contributed by atoms with Crippen molar-refractivity contribution in [3.05, 3.63) is 0 Å². The van der Waals surface area contributed by atoms with E-state index in [0.717, 1.165) is 6.42 Å². The first-order chi connectivity index (χ1) is 8.13. The third kappa shape index (κ3) is 5.50. The molecule has 3 N–H and O–H groups in total. The highest BCUT2D eigenvalue weighted by molar-refractivity contribution is 5.82. The number of aliphatic hydroxyl groups excluding tert-OH is 1. The van der Waals surface area contributed by atoms with Gasteiger partial charge in [0.1, 0.15) is 0 Å². The molecule has 0 aromatic carbocycles. The van der Waals surface area contributed by atoms with Gasteiger partial charge in [-0.25, -0.2) is 0 Å². The highest BCUT2D eigenvalue weighted by atomic mass is 16.3. The average Bonchev–Trinajstić information content (AvgIpc) is 2.71. The summed E-state index contributed by atoms with van der Waals surface area (Å²) in [7, 11) is 0. The summed E-state index contributed by atoms with van der Waals surface area (Å²) in [6.07, 6.45) is 6.15. The van der Waals surface area contributed by atoms with Gasteiger partial charge >= 0.3 is 0 Å². The molecule has 4 heteroatoms. The number of nitrogens with one attached hydrogen (secondary N) is 2. The van der Waals surface area contributed by atoms with E-state index in [2.05, 4.69) is 24.5 Å². The second-order valence-corrected chi connectivity index (χ2v) is 5.11. The minimum atomic E-state index is -0.370. The Balaban J connectivity index is 2.12. The fourth-order valence-corrected chi connectivity index (χ4v) is 2.21. The van der Waals surface area contributed by atoms with Crippen molar-refractivity contribution in [2.24, 2.45) is 0 Å². The minimum Gasteiger partial charge on any atom is -0.392 e. The highest BCUT2D eigenvalue weighted by Crippen LogP contribution is 2.08. The molecule has 0 aliphatic carbocycles. The zero-order valence-corrected chi connectivity index (χ0v) is 11.0. The van der Waals surface area contributed by atoms with Gasteiger partial charge in [-0.05, 0) is 19.8 Å². The van der Waals surface area contributed by atoms with Crippen LogP contribution >= 0.6 is 0 Å². The van der Waals surface area contributed by atoms with Gasteiger partial charge in [0.15, 0.2) is 0 Å². The number of hydrogen-bond acceptors (Lipinski definition) is 3. The lowest BCUT2D eigenvalue weighted by Crippen LogP contribution is -2.44. The molecule has 100 valence electrons. The van der Waals surface area contributed by atoms with Gasteiger partial charge in [-0.2, -0.15) is 0 Å². The summed E-state index contributed by atoms with van der Waals surface area (Å²) < 4.78 is 0. The maximum Gasteiger partial charge on any atom is 0.237 e. The van der Waals surface area contributed by atoms with Gasteiger partial charge in [-0.1, -0.05) is 32.6 Å². The Hall–Kier alpha value is -0.610. The number of hydrogen-bond donors (Lipinski definition) is 3. The fourth-order valence-electron chi connectivity index (χ4n) is 2.21. The largest absolute Gasteiger partial charge is 0.392 e. The van der Waals surface area contributed by atoms with E-state index >= 15 is 0 Å². The summed E-state index contributed by atoms with van der Waals surface area (Å²) in [6, 6.07) is 0.0296. The van der Waals surface area contributed by atoms with Crippen molar-refractivity contribution in [2.45, 2.75) is 70.6 Å². The van der Waals surface area contributed by atoms with E-state index in [1.54, 1.807) is 0 Å². The number of carbonyl (C=O) groups is 1. The molecule has 1 heterocycles. The van der Waals surface area contributed by atoms with Crippen LogP contribution in [0.4, 0.5) is 0 Å². The van der Waals surface area contributed by atoms with E-state index in [1.807, 2.05) is 0 Å². The van der Waals surface area contributed by atoms with Crippen LogP contribution in [0.25, 0.3) is 0 Å². The lowest BCUT2D eigenvalue weighted by atomic mass is 10.1. The molecule has 0 aromatic rings. The van der Waals surface area contributed by atoms with E-state index < -0.39 is 0 Å². The van der Waals surface area contributed by atoms with Gasteiger partial charge < -0.3 is 15.7 Å². The maximum atomic E-state index is 11.8. The third-order valence-electron chi connectivity index (χ3n) is 3.30. The van der Waals surface area contributed by atoms with E-state index in [1.165, 1.54) is 25.7 Å². The summed E-state index contributed by atoms with van der Waals surface area (Å²) in [6.45, 7) is 4.78. The number of aliphatic hydroxyl groups is 1. The maximum absolute atomic E-state index is 11.8. The molecule has 0 spiro atoms. The SMILES string of the molecule is CCCCCCC(C)NC(=O)C1CC(O)CN1. The fraction of sp³-hybridized carbons (Fsp3) is 0.923. The van der Waals surface area contributed by atoms with Crippen molar-refractivity contribution < 1.29 is 9.90 Å². The Bertz CT molecular complexity index is 233. The van der Waals surface area contributed by atoms with Crippen molar-refractivity contribution in [3.8, 4) is 0 Å². The summed E-state index contributed by atoms with van der Waals surface area (Å²) in [5, 5.41) is 15.4. The van der Waals surface area contributed by atoms with Crippen molar-refractivity contribution >= 4 is 5.91 Å². The van der Waals surface area contributed by atoms with E-state index in [9.17, 15) is 9.90 Å². The van der Waals surface area contributed by atoms with Crippen LogP contribution in [-0.4, -0.2) is 35.7 Å². The molecule has 0 aromatic heterocycles. The Morgan fingerprint density at radius 2 is 2.24 bits per heavy atom. The molecule has 1 saturated heterocycles. The molecule has 1 fully saturated rings. The lowest BCUT2D eigenvalue weighted by molar-refractivity contribution is -0.123. The lowest BCUT2D eigenvalue weighted by Gasteiger charge is -2.17. The van der Waals surface area contributed by atoms with Gasteiger partial charge in [0.25, 0.3) is 0 Å². The first-order valence-corrected chi connectivity index (χ1v) is 6.85. The van der Waals surface area contributed by atoms with Gasteiger partial charge in [0, 0.05) is 12.6 Å². The molecule has 0 bridgehead atoms. The van der Waals surface area contributed by atoms with Crippen LogP contribution in [0.15, 0.2) is 0 Å². The van der Waals surface area contributed by atoms with Crippen molar-refractivity contribution in [3.63, 3.8) is 0 Å².